The number of benzene rings is 2. The summed E-state index contributed by atoms with van der Waals surface area (Å²) in [6, 6.07) is 15.2. The lowest BCUT2D eigenvalue weighted by Crippen LogP contribution is -2.29. The fourth-order valence-electron chi connectivity index (χ4n) is 5.68. The summed E-state index contributed by atoms with van der Waals surface area (Å²) in [7, 11) is -3.21. The molecule has 1 N–H and O–H groups in total. The maximum Gasteiger partial charge on any atom is 0.228 e. The molecule has 40 heavy (non-hydrogen) atoms. The Labute approximate surface area is 234 Å². The van der Waals surface area contributed by atoms with Crippen LogP contribution in [0.4, 0.5) is 10.3 Å². The molecule has 2 saturated carbocycles. The van der Waals surface area contributed by atoms with Crippen molar-refractivity contribution in [1.82, 2.24) is 15.0 Å². The number of anilines is 1. The van der Waals surface area contributed by atoms with Crippen LogP contribution in [0.5, 0.6) is 11.6 Å². The van der Waals surface area contributed by atoms with Crippen molar-refractivity contribution in [2.75, 3.05) is 5.32 Å². The lowest BCUT2D eigenvalue weighted by atomic mass is 9.94. The molecule has 4 aromatic rings. The SMILES string of the molecule is Cc1cc(CS(=O)(=O)C2CCC2)c2ccccc2c1Oc1ncccc1-c1ccnc(N[C@@H]2CCC[C@@H](F)C2)n1. The van der Waals surface area contributed by atoms with Crippen molar-refractivity contribution < 1.29 is 17.5 Å². The van der Waals surface area contributed by atoms with Crippen molar-refractivity contribution in [2.45, 2.75) is 75.1 Å². The van der Waals surface area contributed by atoms with Crippen LogP contribution in [0.1, 0.15) is 56.1 Å². The van der Waals surface area contributed by atoms with Crippen LogP contribution in [-0.4, -0.2) is 40.8 Å². The maximum atomic E-state index is 13.9. The molecule has 2 atom stereocenters. The second-order valence-electron chi connectivity index (χ2n) is 10.9. The van der Waals surface area contributed by atoms with Crippen LogP contribution in [0.3, 0.4) is 0 Å². The van der Waals surface area contributed by atoms with Crippen molar-refractivity contribution in [1.29, 1.82) is 0 Å². The van der Waals surface area contributed by atoms with E-state index in [4.69, 9.17) is 9.72 Å². The summed E-state index contributed by atoms with van der Waals surface area (Å²) in [5.74, 6) is 1.49. The number of fused-ring (bicyclic) bond motifs is 1. The smallest absolute Gasteiger partial charge is 0.228 e. The highest BCUT2D eigenvalue weighted by Gasteiger charge is 2.32. The normalized spacial score (nSPS) is 19.8. The third-order valence-electron chi connectivity index (χ3n) is 8.03. The van der Waals surface area contributed by atoms with E-state index < -0.39 is 16.0 Å². The number of aryl methyl sites for hydroxylation is 1. The Morgan fingerprint density at radius 3 is 2.55 bits per heavy atom. The van der Waals surface area contributed by atoms with Gasteiger partial charge in [0.25, 0.3) is 0 Å². The van der Waals surface area contributed by atoms with E-state index in [2.05, 4.69) is 15.3 Å². The first-order chi connectivity index (χ1) is 19.4. The van der Waals surface area contributed by atoms with E-state index in [-0.39, 0.29) is 17.0 Å². The monoisotopic (exact) mass is 560 g/mol. The van der Waals surface area contributed by atoms with E-state index in [1.165, 1.54) is 0 Å². The second-order valence-corrected chi connectivity index (χ2v) is 13.2. The molecule has 6 rings (SSSR count). The number of ether oxygens (including phenoxy) is 1. The average molecular weight is 561 g/mol. The summed E-state index contributed by atoms with van der Waals surface area (Å²) < 4.78 is 46.4. The zero-order valence-corrected chi connectivity index (χ0v) is 23.3. The number of hydrogen-bond donors (Lipinski definition) is 1. The van der Waals surface area contributed by atoms with E-state index in [1.54, 1.807) is 18.5 Å². The van der Waals surface area contributed by atoms with Crippen LogP contribution in [-0.2, 0) is 15.6 Å². The molecular formula is C31H33FN4O3S. The number of nitrogens with zero attached hydrogens (tertiary/aromatic N) is 3. The molecule has 2 aliphatic rings. The minimum atomic E-state index is -3.21. The first-order valence-corrected chi connectivity index (χ1v) is 15.7. The Hall–Kier alpha value is -3.59. The van der Waals surface area contributed by atoms with Gasteiger partial charge in [-0.2, -0.15) is 0 Å². The highest BCUT2D eigenvalue weighted by molar-refractivity contribution is 7.91. The number of rotatable bonds is 8. The number of nitrogens with one attached hydrogen (secondary N) is 1. The molecule has 0 radical (unpaired) electrons. The van der Waals surface area contributed by atoms with Crippen LogP contribution in [0, 0.1) is 6.92 Å². The maximum absolute atomic E-state index is 13.9. The van der Waals surface area contributed by atoms with Gasteiger partial charge >= 0.3 is 0 Å². The molecule has 2 aliphatic carbocycles. The van der Waals surface area contributed by atoms with Crippen LogP contribution in [0.2, 0.25) is 0 Å². The van der Waals surface area contributed by atoms with Gasteiger partial charge in [-0.1, -0.05) is 36.8 Å². The number of alkyl halides is 1. The number of hydrogen-bond acceptors (Lipinski definition) is 7. The molecule has 2 aromatic heterocycles. The second kappa shape index (κ2) is 11.1. The van der Waals surface area contributed by atoms with Gasteiger partial charge in [0.05, 0.1) is 22.3 Å². The van der Waals surface area contributed by atoms with Crippen LogP contribution < -0.4 is 10.1 Å². The average Bonchev–Trinajstić information content (AvgIpc) is 2.90. The molecular weight excluding hydrogens is 527 g/mol. The fourth-order valence-corrected chi connectivity index (χ4v) is 7.64. The molecule has 0 bridgehead atoms. The predicted molar refractivity (Wildman–Crippen MR) is 155 cm³/mol. The lowest BCUT2D eigenvalue weighted by Gasteiger charge is -2.25. The van der Waals surface area contributed by atoms with Crippen molar-refractivity contribution in [3.8, 4) is 22.9 Å². The van der Waals surface area contributed by atoms with Crippen molar-refractivity contribution in [3.05, 3.63) is 72.1 Å². The van der Waals surface area contributed by atoms with Crippen molar-refractivity contribution in [2.24, 2.45) is 0 Å². The summed E-state index contributed by atoms with van der Waals surface area (Å²) in [6.45, 7) is 1.93. The molecule has 7 nitrogen and oxygen atoms in total. The van der Waals surface area contributed by atoms with E-state index in [0.717, 1.165) is 54.0 Å². The third-order valence-corrected chi connectivity index (χ3v) is 10.2. The van der Waals surface area contributed by atoms with Crippen molar-refractivity contribution >= 4 is 26.6 Å². The van der Waals surface area contributed by atoms with Crippen LogP contribution in [0.25, 0.3) is 22.0 Å². The van der Waals surface area contributed by atoms with Gasteiger partial charge in [0.2, 0.25) is 11.8 Å². The minimum absolute atomic E-state index is 0.00394. The van der Waals surface area contributed by atoms with Crippen LogP contribution in [0.15, 0.2) is 60.9 Å². The summed E-state index contributed by atoms with van der Waals surface area (Å²) >= 11 is 0. The van der Waals surface area contributed by atoms with Gasteiger partial charge in [-0.3, -0.25) is 0 Å². The molecule has 0 aliphatic heterocycles. The Kier molecular flexibility index (Phi) is 7.40. The van der Waals surface area contributed by atoms with Gasteiger partial charge in [0.1, 0.15) is 11.9 Å². The molecule has 2 heterocycles. The van der Waals surface area contributed by atoms with Crippen molar-refractivity contribution in [3.63, 3.8) is 0 Å². The van der Waals surface area contributed by atoms with Gasteiger partial charge in [0, 0.05) is 23.8 Å². The summed E-state index contributed by atoms with van der Waals surface area (Å²) in [5, 5.41) is 4.75. The quantitative estimate of drug-likeness (QED) is 0.249. The molecule has 2 fully saturated rings. The molecule has 0 saturated heterocycles. The largest absolute Gasteiger partial charge is 0.437 e. The molecule has 0 unspecified atom stereocenters. The Morgan fingerprint density at radius 2 is 1.77 bits per heavy atom. The number of halogens is 1. The van der Waals surface area contributed by atoms with E-state index in [9.17, 15) is 12.8 Å². The highest BCUT2D eigenvalue weighted by atomic mass is 32.2. The number of pyridine rings is 1. The predicted octanol–water partition coefficient (Wildman–Crippen LogP) is 6.95. The molecule has 0 amide bonds. The highest BCUT2D eigenvalue weighted by Crippen LogP contribution is 2.39. The number of aromatic nitrogens is 3. The Balaban J connectivity index is 1.32. The zero-order valence-electron chi connectivity index (χ0n) is 22.5. The number of sulfone groups is 1. The summed E-state index contributed by atoms with van der Waals surface area (Å²) in [6.07, 6.45) is 7.83. The fraction of sp³-hybridized carbons (Fsp3) is 0.387. The van der Waals surface area contributed by atoms with Gasteiger partial charge in [0.15, 0.2) is 9.84 Å². The first kappa shape index (κ1) is 26.6. The Bertz CT molecular complexity index is 1640. The molecule has 9 heteroatoms. The minimum Gasteiger partial charge on any atom is -0.437 e. The van der Waals surface area contributed by atoms with Crippen LogP contribution >= 0.6 is 0 Å². The zero-order chi connectivity index (χ0) is 27.7. The van der Waals surface area contributed by atoms with E-state index in [1.807, 2.05) is 49.4 Å². The van der Waals surface area contributed by atoms with Gasteiger partial charge in [-0.05, 0) is 80.2 Å². The van der Waals surface area contributed by atoms with Gasteiger partial charge < -0.3 is 10.1 Å². The summed E-state index contributed by atoms with van der Waals surface area (Å²) in [4.78, 5) is 13.6. The first-order valence-electron chi connectivity index (χ1n) is 14.0. The van der Waals surface area contributed by atoms with Gasteiger partial charge in [-0.15, -0.1) is 0 Å². The summed E-state index contributed by atoms with van der Waals surface area (Å²) in [5.41, 5.74) is 2.95. The third kappa shape index (κ3) is 5.52. The lowest BCUT2D eigenvalue weighted by molar-refractivity contribution is 0.239. The standard InChI is InChI=1S/C31H33FN4O3S/c1-20-17-21(19-40(37,38)24-9-5-10-24)25-11-2-3-12-26(25)29(20)39-30-27(13-6-15-33-30)28-14-16-34-31(36-28)35-23-8-4-7-22(32)18-23/h2-3,6,11-17,22-24H,4-5,7-10,18-19H2,1H3,(H,34,35,36)/t22-,23-/m1/s1. The van der Waals surface area contributed by atoms with Gasteiger partial charge in [-0.25, -0.2) is 27.8 Å². The molecule has 208 valence electrons. The van der Waals surface area contributed by atoms with E-state index >= 15 is 0 Å². The topological polar surface area (TPSA) is 94.1 Å². The molecule has 0 spiro atoms. The molecule has 2 aromatic carbocycles. The Morgan fingerprint density at radius 1 is 0.975 bits per heavy atom. The van der Waals surface area contributed by atoms with E-state index in [0.29, 0.717) is 41.7 Å².